The first kappa shape index (κ1) is 16.4. The molecule has 1 saturated heterocycles. The van der Waals surface area contributed by atoms with Gasteiger partial charge in [0.2, 0.25) is 0 Å². The van der Waals surface area contributed by atoms with Crippen molar-refractivity contribution < 1.29 is 9.31 Å². The maximum Gasteiger partial charge on any atom is 0.494 e. The molecule has 130 valence electrons. The normalized spacial score (nSPS) is 19.6. The largest absolute Gasteiger partial charge is 0.494 e. The summed E-state index contributed by atoms with van der Waals surface area (Å²) in [4.78, 5) is 2.62. The quantitative estimate of drug-likeness (QED) is 0.431. The third-order valence-corrected chi connectivity index (χ3v) is 7.04. The highest BCUT2D eigenvalue weighted by Gasteiger charge is 2.51. The van der Waals surface area contributed by atoms with Crippen molar-refractivity contribution in [2.24, 2.45) is 0 Å². The van der Waals surface area contributed by atoms with Gasteiger partial charge in [-0.25, -0.2) is 0 Å². The zero-order valence-corrected chi connectivity index (χ0v) is 16.3. The van der Waals surface area contributed by atoms with Gasteiger partial charge in [0.25, 0.3) is 0 Å². The molecular weight excluding hydrogens is 339 g/mol. The molecule has 0 bridgehead atoms. The first-order chi connectivity index (χ1) is 12.4. The lowest BCUT2D eigenvalue weighted by atomic mass is 9.77. The second-order valence-electron chi connectivity index (χ2n) is 8.11. The van der Waals surface area contributed by atoms with Gasteiger partial charge >= 0.3 is 7.12 Å². The summed E-state index contributed by atoms with van der Waals surface area (Å²) in [6.45, 7) is 8.38. The number of benzene rings is 3. The van der Waals surface area contributed by atoms with Gasteiger partial charge in [0, 0.05) is 15.2 Å². The van der Waals surface area contributed by atoms with Gasteiger partial charge in [-0.3, -0.25) is 0 Å². The van der Waals surface area contributed by atoms with Crippen LogP contribution in [0.3, 0.4) is 0 Å². The van der Waals surface area contributed by atoms with E-state index in [1.54, 1.807) is 0 Å². The van der Waals surface area contributed by atoms with Gasteiger partial charge < -0.3 is 9.31 Å². The van der Waals surface area contributed by atoms with E-state index < -0.39 is 0 Å². The van der Waals surface area contributed by atoms with E-state index in [1.807, 2.05) is 11.8 Å². The minimum atomic E-state index is -0.327. The average molecular weight is 360 g/mol. The Hall–Kier alpha value is -1.75. The molecule has 0 amide bonds. The molecule has 0 unspecified atom stereocenters. The topological polar surface area (TPSA) is 18.5 Å². The van der Waals surface area contributed by atoms with Crippen LogP contribution in [0.15, 0.2) is 64.4 Å². The summed E-state index contributed by atoms with van der Waals surface area (Å²) >= 11 is 1.84. The fraction of sp³-hybridized carbons (Fsp3) is 0.273. The van der Waals surface area contributed by atoms with E-state index in [4.69, 9.17) is 9.31 Å². The third kappa shape index (κ3) is 2.29. The molecule has 0 aromatic heterocycles. The molecule has 2 heterocycles. The summed E-state index contributed by atoms with van der Waals surface area (Å²) < 4.78 is 12.5. The molecule has 0 aliphatic carbocycles. The standard InChI is InChI=1S/C22H21BO2S/c1-21(2)22(3,4)25-23(24-21)15-11-12-18-17(13-15)16-9-5-7-14-8-6-10-19(26-18)20(14)16/h5-13H,1-4H3. The van der Waals surface area contributed by atoms with Gasteiger partial charge in [0.1, 0.15) is 0 Å². The smallest absolute Gasteiger partial charge is 0.399 e. The zero-order chi connectivity index (χ0) is 18.1. The van der Waals surface area contributed by atoms with Crippen LogP contribution in [0.5, 0.6) is 0 Å². The van der Waals surface area contributed by atoms with Gasteiger partial charge in [-0.15, -0.1) is 0 Å². The van der Waals surface area contributed by atoms with E-state index in [0.29, 0.717) is 0 Å². The first-order valence-corrected chi connectivity index (χ1v) is 9.87. The second kappa shape index (κ2) is 5.38. The van der Waals surface area contributed by atoms with E-state index in [1.165, 1.54) is 31.7 Å². The van der Waals surface area contributed by atoms with Crippen molar-refractivity contribution in [1.82, 2.24) is 0 Å². The Morgan fingerprint density at radius 2 is 1.46 bits per heavy atom. The molecule has 1 fully saturated rings. The summed E-state index contributed by atoms with van der Waals surface area (Å²) in [5.41, 5.74) is 3.00. The Labute approximate surface area is 159 Å². The van der Waals surface area contributed by atoms with Crippen LogP contribution >= 0.6 is 11.8 Å². The van der Waals surface area contributed by atoms with Crippen LogP contribution in [0.2, 0.25) is 0 Å². The predicted molar refractivity (Wildman–Crippen MR) is 109 cm³/mol. The molecule has 0 saturated carbocycles. The molecule has 0 spiro atoms. The summed E-state index contributed by atoms with van der Waals surface area (Å²) in [5.74, 6) is 0. The van der Waals surface area contributed by atoms with Gasteiger partial charge in [0.05, 0.1) is 11.2 Å². The van der Waals surface area contributed by atoms with Crippen molar-refractivity contribution >= 4 is 35.1 Å². The highest BCUT2D eigenvalue weighted by molar-refractivity contribution is 7.99. The Morgan fingerprint density at radius 1 is 0.769 bits per heavy atom. The molecule has 0 atom stereocenters. The van der Waals surface area contributed by atoms with Crippen LogP contribution in [-0.4, -0.2) is 18.3 Å². The Balaban J connectivity index is 1.64. The van der Waals surface area contributed by atoms with E-state index in [9.17, 15) is 0 Å². The zero-order valence-electron chi connectivity index (χ0n) is 15.5. The van der Waals surface area contributed by atoms with Gasteiger partial charge in [-0.2, -0.15) is 0 Å². The maximum absolute atomic E-state index is 6.25. The monoisotopic (exact) mass is 360 g/mol. The molecule has 2 aliphatic rings. The average Bonchev–Trinajstić information content (AvgIpc) is 2.83. The van der Waals surface area contributed by atoms with Crippen molar-refractivity contribution in [2.75, 3.05) is 0 Å². The third-order valence-electron chi connectivity index (χ3n) is 5.91. The van der Waals surface area contributed by atoms with Crippen LogP contribution in [0, 0.1) is 0 Å². The molecule has 5 rings (SSSR count). The fourth-order valence-electron chi connectivity index (χ4n) is 3.71. The van der Waals surface area contributed by atoms with E-state index in [2.05, 4.69) is 82.3 Å². The summed E-state index contributed by atoms with van der Waals surface area (Å²) in [5, 5.41) is 2.64. The van der Waals surface area contributed by atoms with Crippen LogP contribution < -0.4 is 5.46 Å². The van der Waals surface area contributed by atoms with Crippen LogP contribution in [0.25, 0.3) is 21.9 Å². The molecule has 3 aromatic carbocycles. The van der Waals surface area contributed by atoms with Gasteiger partial charge in [-0.05, 0) is 61.8 Å². The molecule has 26 heavy (non-hydrogen) atoms. The van der Waals surface area contributed by atoms with Crippen molar-refractivity contribution in [2.45, 2.75) is 48.7 Å². The molecular formula is C22H21BO2S. The number of fused-ring (bicyclic) bond motifs is 2. The van der Waals surface area contributed by atoms with E-state index in [-0.39, 0.29) is 18.3 Å². The summed E-state index contributed by atoms with van der Waals surface area (Å²) in [7, 11) is -0.327. The molecule has 0 N–H and O–H groups in total. The van der Waals surface area contributed by atoms with E-state index in [0.717, 1.165) is 5.46 Å². The van der Waals surface area contributed by atoms with Crippen molar-refractivity contribution in [3.63, 3.8) is 0 Å². The molecule has 0 radical (unpaired) electrons. The lowest BCUT2D eigenvalue weighted by Gasteiger charge is -2.32. The minimum absolute atomic E-state index is 0.324. The predicted octanol–water partition coefficient (Wildman–Crippen LogP) is 5.27. The Morgan fingerprint density at radius 3 is 2.19 bits per heavy atom. The number of hydrogen-bond acceptors (Lipinski definition) is 3. The van der Waals surface area contributed by atoms with Gasteiger partial charge in [0.15, 0.2) is 0 Å². The Bertz CT molecular complexity index is 1020. The van der Waals surface area contributed by atoms with Gasteiger partial charge in [-0.1, -0.05) is 54.2 Å². The number of hydrogen-bond donors (Lipinski definition) is 0. The summed E-state index contributed by atoms with van der Waals surface area (Å²) in [6, 6.07) is 19.7. The van der Waals surface area contributed by atoms with Crippen molar-refractivity contribution in [3.05, 3.63) is 54.6 Å². The first-order valence-electron chi connectivity index (χ1n) is 9.05. The van der Waals surface area contributed by atoms with Crippen LogP contribution in [0.1, 0.15) is 27.7 Å². The minimum Gasteiger partial charge on any atom is -0.399 e. The summed E-state index contributed by atoms with van der Waals surface area (Å²) in [6.07, 6.45) is 0. The highest BCUT2D eigenvalue weighted by Crippen LogP contribution is 2.47. The Kier molecular flexibility index (Phi) is 3.40. The molecule has 2 nitrogen and oxygen atoms in total. The maximum atomic E-state index is 6.25. The van der Waals surface area contributed by atoms with E-state index >= 15 is 0 Å². The van der Waals surface area contributed by atoms with Crippen LogP contribution in [0.4, 0.5) is 0 Å². The van der Waals surface area contributed by atoms with Crippen LogP contribution in [-0.2, 0) is 9.31 Å². The molecule has 2 aliphatic heterocycles. The molecule has 3 aromatic rings. The second-order valence-corrected chi connectivity index (χ2v) is 9.19. The lowest BCUT2D eigenvalue weighted by Crippen LogP contribution is -2.41. The SMILES string of the molecule is CC1(C)OB(c2ccc3c(c2)-c2cccc4cccc(c24)S3)OC1(C)C. The highest BCUT2D eigenvalue weighted by atomic mass is 32.2. The lowest BCUT2D eigenvalue weighted by molar-refractivity contribution is 0.00578. The fourth-order valence-corrected chi connectivity index (χ4v) is 4.84. The molecule has 4 heteroatoms. The van der Waals surface area contributed by atoms with Crippen molar-refractivity contribution in [3.8, 4) is 11.1 Å². The number of rotatable bonds is 1. The van der Waals surface area contributed by atoms with Crippen molar-refractivity contribution in [1.29, 1.82) is 0 Å².